The minimum Gasteiger partial charge on any atom is -0.320 e. The third kappa shape index (κ3) is 3.61. The van der Waals surface area contributed by atoms with Gasteiger partial charge in [-0.3, -0.25) is 4.79 Å². The number of nitrogens with zero attached hydrogens (tertiary/aromatic N) is 1. The predicted molar refractivity (Wildman–Crippen MR) is 88.2 cm³/mol. The lowest BCUT2D eigenvalue weighted by Gasteiger charge is -2.16. The van der Waals surface area contributed by atoms with Gasteiger partial charge in [0.15, 0.2) is 5.43 Å². The van der Waals surface area contributed by atoms with Crippen LogP contribution in [-0.4, -0.2) is 11.1 Å². The molecule has 0 bridgehead atoms. The highest BCUT2D eigenvalue weighted by atomic mass is 16.1. The predicted octanol–water partition coefficient (Wildman–Crippen LogP) is 3.21. The topological polar surface area (TPSA) is 34.0 Å². The number of hydrogen-bond donors (Lipinski definition) is 1. The maximum absolute atomic E-state index is 12.1. The summed E-state index contributed by atoms with van der Waals surface area (Å²) < 4.78 is 2.13. The second-order valence-electron chi connectivity index (χ2n) is 5.33. The van der Waals surface area contributed by atoms with Gasteiger partial charge in [-0.2, -0.15) is 0 Å². The van der Waals surface area contributed by atoms with Crippen molar-refractivity contribution >= 4 is 0 Å². The molecule has 0 unspecified atom stereocenters. The van der Waals surface area contributed by atoms with Crippen molar-refractivity contribution in [2.45, 2.75) is 40.2 Å². The Morgan fingerprint density at radius 3 is 2.62 bits per heavy atom. The summed E-state index contributed by atoms with van der Waals surface area (Å²) in [7, 11) is 0. The number of nitrogens with one attached hydrogen (secondary N) is 1. The van der Waals surface area contributed by atoms with Crippen molar-refractivity contribution in [1.29, 1.82) is 0 Å². The standard InChI is InChI=1S/C18H24N2O/c1-4-10-19-12-16-13-20(14(3)11-18(16)21)17-9-7-6-8-15(17)5-2/h6-9,11,13,19H,4-5,10,12H2,1-3H3. The number of hydrogen-bond acceptors (Lipinski definition) is 2. The number of benzene rings is 1. The molecule has 0 amide bonds. The smallest absolute Gasteiger partial charge is 0.186 e. The Bertz CT molecular complexity index is 659. The van der Waals surface area contributed by atoms with Crippen LogP contribution in [0.5, 0.6) is 0 Å². The van der Waals surface area contributed by atoms with E-state index in [9.17, 15) is 4.79 Å². The summed E-state index contributed by atoms with van der Waals surface area (Å²) in [4.78, 5) is 12.1. The molecule has 0 saturated carbocycles. The van der Waals surface area contributed by atoms with Crippen molar-refractivity contribution in [2.75, 3.05) is 6.54 Å². The molecule has 0 radical (unpaired) electrons. The van der Waals surface area contributed by atoms with Crippen LogP contribution >= 0.6 is 0 Å². The van der Waals surface area contributed by atoms with E-state index in [2.05, 4.69) is 41.9 Å². The average molecular weight is 284 g/mol. The molecule has 0 fully saturated rings. The number of para-hydroxylation sites is 1. The Kier molecular flexibility index (Phi) is 5.34. The average Bonchev–Trinajstić information content (AvgIpc) is 2.49. The maximum atomic E-state index is 12.1. The summed E-state index contributed by atoms with van der Waals surface area (Å²) >= 11 is 0. The molecule has 3 heteroatoms. The molecule has 0 saturated heterocycles. The molecule has 1 N–H and O–H groups in total. The van der Waals surface area contributed by atoms with E-state index in [1.807, 2.05) is 19.2 Å². The van der Waals surface area contributed by atoms with Gasteiger partial charge in [0.05, 0.1) is 0 Å². The lowest BCUT2D eigenvalue weighted by molar-refractivity contribution is 0.668. The van der Waals surface area contributed by atoms with Crippen LogP contribution in [0.25, 0.3) is 5.69 Å². The van der Waals surface area contributed by atoms with Crippen LogP contribution in [0.3, 0.4) is 0 Å². The van der Waals surface area contributed by atoms with Crippen molar-refractivity contribution < 1.29 is 0 Å². The fraction of sp³-hybridized carbons (Fsp3) is 0.389. The quantitative estimate of drug-likeness (QED) is 0.827. The molecule has 0 atom stereocenters. The minimum absolute atomic E-state index is 0.112. The SMILES string of the molecule is CCCNCc1cn(-c2ccccc2CC)c(C)cc1=O. The molecule has 3 nitrogen and oxygen atoms in total. The highest BCUT2D eigenvalue weighted by Crippen LogP contribution is 2.17. The lowest BCUT2D eigenvalue weighted by Crippen LogP contribution is -2.22. The maximum Gasteiger partial charge on any atom is 0.186 e. The molecule has 2 aromatic rings. The van der Waals surface area contributed by atoms with Crippen LogP contribution < -0.4 is 10.7 Å². The van der Waals surface area contributed by atoms with Gasteiger partial charge in [0.1, 0.15) is 0 Å². The van der Waals surface area contributed by atoms with Crippen molar-refractivity contribution in [3.05, 3.63) is 63.6 Å². The van der Waals surface area contributed by atoms with Crippen molar-refractivity contribution in [2.24, 2.45) is 0 Å². The third-order valence-electron chi connectivity index (χ3n) is 3.70. The highest BCUT2D eigenvalue weighted by Gasteiger charge is 2.08. The van der Waals surface area contributed by atoms with Crippen LogP contribution in [-0.2, 0) is 13.0 Å². The van der Waals surface area contributed by atoms with Gasteiger partial charge < -0.3 is 9.88 Å². The van der Waals surface area contributed by atoms with E-state index in [1.165, 1.54) is 5.56 Å². The first kappa shape index (κ1) is 15.5. The van der Waals surface area contributed by atoms with Crippen molar-refractivity contribution in [3.63, 3.8) is 0 Å². The second-order valence-corrected chi connectivity index (χ2v) is 5.33. The van der Waals surface area contributed by atoms with Gasteiger partial charge >= 0.3 is 0 Å². The molecule has 1 aromatic heterocycles. The Labute approximate surface area is 126 Å². The third-order valence-corrected chi connectivity index (χ3v) is 3.70. The van der Waals surface area contributed by atoms with Gasteiger partial charge in [0.25, 0.3) is 0 Å². The van der Waals surface area contributed by atoms with Crippen LogP contribution in [0.2, 0.25) is 0 Å². The fourth-order valence-corrected chi connectivity index (χ4v) is 2.51. The lowest BCUT2D eigenvalue weighted by atomic mass is 10.1. The summed E-state index contributed by atoms with van der Waals surface area (Å²) in [5.41, 5.74) is 4.35. The molecule has 0 aliphatic carbocycles. The molecule has 21 heavy (non-hydrogen) atoms. The van der Waals surface area contributed by atoms with Crippen LogP contribution in [0.15, 0.2) is 41.3 Å². The zero-order valence-electron chi connectivity index (χ0n) is 13.1. The number of aryl methyl sites for hydroxylation is 2. The molecule has 0 aliphatic heterocycles. The summed E-state index contributed by atoms with van der Waals surface area (Å²) in [6.07, 6.45) is 4.03. The molecule has 112 valence electrons. The molecule has 1 heterocycles. The first-order valence-electron chi connectivity index (χ1n) is 7.68. The normalized spacial score (nSPS) is 10.8. The van der Waals surface area contributed by atoms with E-state index in [0.717, 1.165) is 36.3 Å². The van der Waals surface area contributed by atoms with Crippen molar-refractivity contribution in [1.82, 2.24) is 9.88 Å². The van der Waals surface area contributed by atoms with E-state index >= 15 is 0 Å². The molecular formula is C18H24N2O. The van der Waals surface area contributed by atoms with Gasteiger partial charge in [-0.25, -0.2) is 0 Å². The van der Waals surface area contributed by atoms with Crippen LogP contribution in [0, 0.1) is 6.92 Å². The Morgan fingerprint density at radius 2 is 1.90 bits per heavy atom. The van der Waals surface area contributed by atoms with E-state index in [4.69, 9.17) is 0 Å². The molecular weight excluding hydrogens is 260 g/mol. The Balaban J connectivity index is 2.43. The summed E-state index contributed by atoms with van der Waals surface area (Å²) in [5.74, 6) is 0. The Hall–Kier alpha value is -1.87. The zero-order valence-corrected chi connectivity index (χ0v) is 13.1. The van der Waals surface area contributed by atoms with Crippen molar-refractivity contribution in [3.8, 4) is 5.69 Å². The minimum atomic E-state index is 0.112. The van der Waals surface area contributed by atoms with E-state index in [-0.39, 0.29) is 5.43 Å². The van der Waals surface area contributed by atoms with Gasteiger partial charge in [-0.1, -0.05) is 32.0 Å². The number of aromatic nitrogens is 1. The number of pyridine rings is 1. The summed E-state index contributed by atoms with van der Waals surface area (Å²) in [6, 6.07) is 10.1. The van der Waals surface area contributed by atoms with Crippen LogP contribution in [0.4, 0.5) is 0 Å². The van der Waals surface area contributed by atoms with E-state index in [1.54, 1.807) is 6.07 Å². The van der Waals surface area contributed by atoms with E-state index < -0.39 is 0 Å². The largest absolute Gasteiger partial charge is 0.320 e. The van der Waals surface area contributed by atoms with Gasteiger partial charge in [-0.05, 0) is 37.9 Å². The second kappa shape index (κ2) is 7.23. The first-order chi connectivity index (χ1) is 10.2. The first-order valence-corrected chi connectivity index (χ1v) is 7.68. The molecule has 1 aromatic carbocycles. The molecule has 2 rings (SSSR count). The number of rotatable bonds is 6. The van der Waals surface area contributed by atoms with Crippen LogP contribution in [0.1, 0.15) is 37.1 Å². The molecule has 0 spiro atoms. The zero-order chi connectivity index (χ0) is 15.2. The van der Waals surface area contributed by atoms with Gasteiger partial charge in [0, 0.05) is 35.8 Å². The highest BCUT2D eigenvalue weighted by molar-refractivity contribution is 5.43. The van der Waals surface area contributed by atoms with Gasteiger partial charge in [0.2, 0.25) is 0 Å². The summed E-state index contributed by atoms with van der Waals surface area (Å²) in [5, 5.41) is 3.31. The fourth-order valence-electron chi connectivity index (χ4n) is 2.51. The Morgan fingerprint density at radius 1 is 1.14 bits per heavy atom. The molecule has 0 aliphatic rings. The van der Waals surface area contributed by atoms with E-state index in [0.29, 0.717) is 6.54 Å². The van der Waals surface area contributed by atoms with Gasteiger partial charge in [-0.15, -0.1) is 0 Å². The summed E-state index contributed by atoms with van der Waals surface area (Å²) in [6.45, 7) is 7.82. The monoisotopic (exact) mass is 284 g/mol.